The fraction of sp³-hybridized carbons (Fsp3) is 0.600. The third-order valence-corrected chi connectivity index (χ3v) is 3.30. The summed E-state index contributed by atoms with van der Waals surface area (Å²) in [6.07, 6.45) is 1.24. The van der Waals surface area contributed by atoms with Gasteiger partial charge in [0.1, 0.15) is 5.75 Å². The fourth-order valence-corrected chi connectivity index (χ4v) is 2.49. The topological polar surface area (TPSA) is 30.5 Å². The second kappa shape index (κ2) is 6.21. The highest BCUT2D eigenvalue weighted by Crippen LogP contribution is 2.24. The number of nitrogens with one attached hydrogen (secondary N) is 1. The minimum absolute atomic E-state index is 0.296. The Morgan fingerprint density at radius 3 is 2.61 bits per heavy atom. The van der Waals surface area contributed by atoms with Crippen molar-refractivity contribution >= 4 is 0 Å². The van der Waals surface area contributed by atoms with E-state index in [1.807, 2.05) is 0 Å². The molecule has 1 aliphatic rings. The van der Waals surface area contributed by atoms with Gasteiger partial charge in [0.05, 0.1) is 19.3 Å². The molecule has 0 amide bonds. The fourth-order valence-electron chi connectivity index (χ4n) is 2.49. The summed E-state index contributed by atoms with van der Waals surface area (Å²) in [7, 11) is 0. The number of benzene rings is 1. The molecule has 1 aromatic rings. The summed E-state index contributed by atoms with van der Waals surface area (Å²) >= 11 is 0. The van der Waals surface area contributed by atoms with Crippen molar-refractivity contribution in [3.8, 4) is 5.75 Å². The largest absolute Gasteiger partial charge is 0.493 e. The molecule has 1 unspecified atom stereocenters. The second-order valence-electron chi connectivity index (χ2n) is 5.06. The second-order valence-corrected chi connectivity index (χ2v) is 5.06. The van der Waals surface area contributed by atoms with Crippen LogP contribution in [0.25, 0.3) is 0 Å². The lowest BCUT2D eigenvalue weighted by Gasteiger charge is -2.24. The van der Waals surface area contributed by atoms with E-state index in [1.54, 1.807) is 0 Å². The predicted molar refractivity (Wildman–Crippen MR) is 73.4 cm³/mol. The van der Waals surface area contributed by atoms with Crippen LogP contribution < -0.4 is 10.1 Å². The first-order valence-corrected chi connectivity index (χ1v) is 6.70. The van der Waals surface area contributed by atoms with Crippen LogP contribution in [0.3, 0.4) is 0 Å². The van der Waals surface area contributed by atoms with Crippen LogP contribution in [0.5, 0.6) is 5.75 Å². The van der Waals surface area contributed by atoms with E-state index in [1.165, 1.54) is 16.7 Å². The van der Waals surface area contributed by atoms with Gasteiger partial charge >= 0.3 is 0 Å². The Morgan fingerprint density at radius 2 is 2.00 bits per heavy atom. The van der Waals surface area contributed by atoms with Crippen molar-refractivity contribution in [3.63, 3.8) is 0 Å². The van der Waals surface area contributed by atoms with Crippen LogP contribution in [-0.2, 0) is 4.74 Å². The summed E-state index contributed by atoms with van der Waals surface area (Å²) in [5.74, 6) is 1.03. The van der Waals surface area contributed by atoms with Crippen LogP contribution >= 0.6 is 0 Å². The van der Waals surface area contributed by atoms with Gasteiger partial charge in [0.2, 0.25) is 0 Å². The molecule has 1 aromatic carbocycles. The van der Waals surface area contributed by atoms with Crippen molar-refractivity contribution in [2.45, 2.75) is 33.3 Å². The van der Waals surface area contributed by atoms with Crippen molar-refractivity contribution in [2.75, 3.05) is 26.3 Å². The van der Waals surface area contributed by atoms with E-state index in [0.29, 0.717) is 6.10 Å². The Morgan fingerprint density at radius 1 is 1.28 bits per heavy atom. The van der Waals surface area contributed by atoms with E-state index in [-0.39, 0.29) is 0 Å². The maximum Gasteiger partial charge on any atom is 0.125 e. The third kappa shape index (κ3) is 3.47. The Hall–Kier alpha value is -1.06. The highest BCUT2D eigenvalue weighted by atomic mass is 16.5. The number of aryl methyl sites for hydroxylation is 3. The lowest BCUT2D eigenvalue weighted by molar-refractivity contribution is 0.0158. The summed E-state index contributed by atoms with van der Waals surface area (Å²) < 4.78 is 11.6. The number of ether oxygens (including phenoxy) is 2. The predicted octanol–water partition coefficient (Wildman–Crippen LogP) is 2.37. The maximum absolute atomic E-state index is 5.92. The monoisotopic (exact) mass is 249 g/mol. The smallest absolute Gasteiger partial charge is 0.125 e. The average molecular weight is 249 g/mol. The minimum atomic E-state index is 0.296. The summed E-state index contributed by atoms with van der Waals surface area (Å²) in [6, 6.07) is 4.34. The highest BCUT2D eigenvalue weighted by Gasteiger charge is 2.13. The van der Waals surface area contributed by atoms with Gasteiger partial charge in [-0.15, -0.1) is 0 Å². The van der Waals surface area contributed by atoms with Gasteiger partial charge in [0, 0.05) is 19.5 Å². The lowest BCUT2D eigenvalue weighted by Crippen LogP contribution is -2.39. The minimum Gasteiger partial charge on any atom is -0.493 e. The van der Waals surface area contributed by atoms with E-state index in [2.05, 4.69) is 38.2 Å². The van der Waals surface area contributed by atoms with Crippen LogP contribution in [0, 0.1) is 20.8 Å². The molecule has 0 bridgehead atoms. The Balaban J connectivity index is 1.86. The van der Waals surface area contributed by atoms with Gasteiger partial charge in [-0.1, -0.05) is 17.7 Å². The number of morpholine rings is 1. The summed E-state index contributed by atoms with van der Waals surface area (Å²) in [5.41, 5.74) is 3.72. The molecule has 1 aliphatic heterocycles. The SMILES string of the molecule is Cc1cc(C)c(OCCC2CNCCO2)c(C)c1. The first kappa shape index (κ1) is 13.4. The number of hydrogen-bond donors (Lipinski definition) is 1. The molecule has 1 N–H and O–H groups in total. The van der Waals surface area contributed by atoms with Crippen molar-refractivity contribution in [3.05, 3.63) is 28.8 Å². The molecule has 0 spiro atoms. The van der Waals surface area contributed by atoms with Crippen LogP contribution in [0.4, 0.5) is 0 Å². The molecular weight excluding hydrogens is 226 g/mol. The molecule has 1 heterocycles. The zero-order chi connectivity index (χ0) is 13.0. The standard InChI is InChI=1S/C15H23NO2/c1-11-8-12(2)15(13(3)9-11)18-6-4-14-10-16-5-7-17-14/h8-9,14,16H,4-7,10H2,1-3H3. The van der Waals surface area contributed by atoms with Crippen molar-refractivity contribution in [1.82, 2.24) is 5.32 Å². The van der Waals surface area contributed by atoms with Gasteiger partial charge < -0.3 is 14.8 Å². The number of hydrogen-bond acceptors (Lipinski definition) is 3. The molecule has 0 aliphatic carbocycles. The molecule has 18 heavy (non-hydrogen) atoms. The van der Waals surface area contributed by atoms with Gasteiger partial charge in [-0.05, 0) is 31.9 Å². The van der Waals surface area contributed by atoms with E-state index in [0.717, 1.165) is 38.5 Å². The van der Waals surface area contributed by atoms with E-state index in [4.69, 9.17) is 9.47 Å². The zero-order valence-electron chi connectivity index (χ0n) is 11.6. The van der Waals surface area contributed by atoms with Crippen LogP contribution in [0.1, 0.15) is 23.1 Å². The molecule has 2 rings (SSSR count). The normalized spacial score (nSPS) is 19.8. The van der Waals surface area contributed by atoms with Crippen LogP contribution in [0.15, 0.2) is 12.1 Å². The Labute approximate surface area is 109 Å². The quantitative estimate of drug-likeness (QED) is 0.888. The number of rotatable bonds is 4. The molecule has 3 heteroatoms. The Kier molecular flexibility index (Phi) is 4.61. The molecule has 0 saturated carbocycles. The molecule has 3 nitrogen and oxygen atoms in total. The van der Waals surface area contributed by atoms with Gasteiger partial charge in [-0.2, -0.15) is 0 Å². The first-order chi connectivity index (χ1) is 8.66. The van der Waals surface area contributed by atoms with Gasteiger partial charge in [-0.25, -0.2) is 0 Å². The molecule has 1 saturated heterocycles. The lowest BCUT2D eigenvalue weighted by atomic mass is 10.1. The van der Waals surface area contributed by atoms with E-state index in [9.17, 15) is 0 Å². The van der Waals surface area contributed by atoms with Crippen LogP contribution in [-0.4, -0.2) is 32.4 Å². The summed E-state index contributed by atoms with van der Waals surface area (Å²) in [4.78, 5) is 0. The van der Waals surface area contributed by atoms with Gasteiger partial charge in [0.25, 0.3) is 0 Å². The van der Waals surface area contributed by atoms with E-state index >= 15 is 0 Å². The highest BCUT2D eigenvalue weighted by molar-refractivity contribution is 5.42. The van der Waals surface area contributed by atoms with E-state index < -0.39 is 0 Å². The van der Waals surface area contributed by atoms with Crippen LogP contribution in [0.2, 0.25) is 0 Å². The molecule has 1 fully saturated rings. The van der Waals surface area contributed by atoms with Gasteiger partial charge in [0.15, 0.2) is 0 Å². The molecule has 0 aromatic heterocycles. The molecule has 1 atom stereocenters. The van der Waals surface area contributed by atoms with Crippen molar-refractivity contribution in [2.24, 2.45) is 0 Å². The summed E-state index contributed by atoms with van der Waals surface area (Å²) in [6.45, 7) is 9.76. The maximum atomic E-state index is 5.92. The van der Waals surface area contributed by atoms with Crippen molar-refractivity contribution < 1.29 is 9.47 Å². The zero-order valence-corrected chi connectivity index (χ0v) is 11.6. The average Bonchev–Trinajstić information content (AvgIpc) is 2.34. The molecule has 100 valence electrons. The van der Waals surface area contributed by atoms with Crippen molar-refractivity contribution in [1.29, 1.82) is 0 Å². The third-order valence-electron chi connectivity index (χ3n) is 3.30. The van der Waals surface area contributed by atoms with Gasteiger partial charge in [-0.3, -0.25) is 0 Å². The molecule has 0 radical (unpaired) electrons. The Bertz CT molecular complexity index is 374. The summed E-state index contributed by atoms with van der Waals surface area (Å²) in [5, 5.41) is 3.33. The first-order valence-electron chi connectivity index (χ1n) is 6.70. The molecular formula is C15H23NO2.